The molecule has 0 bridgehead atoms. The van der Waals surface area contributed by atoms with E-state index in [1.807, 2.05) is 0 Å². The van der Waals surface area contributed by atoms with Crippen LogP contribution < -0.4 is 0 Å². The molecule has 1 aliphatic heterocycles. The molecule has 6 nitrogen and oxygen atoms in total. The number of amides is 1. The molecule has 0 spiro atoms. The minimum Gasteiger partial charge on any atom is -0.478 e. The Bertz CT molecular complexity index is 828. The molecule has 0 unspecified atom stereocenters. The summed E-state index contributed by atoms with van der Waals surface area (Å²) in [5, 5.41) is 13.0. The van der Waals surface area contributed by atoms with Crippen molar-refractivity contribution in [3.63, 3.8) is 0 Å². The number of aromatic nitrogens is 2. The van der Waals surface area contributed by atoms with E-state index in [9.17, 15) is 22.8 Å². The van der Waals surface area contributed by atoms with E-state index in [2.05, 4.69) is 5.10 Å². The van der Waals surface area contributed by atoms with Crippen molar-refractivity contribution in [2.24, 2.45) is 0 Å². The van der Waals surface area contributed by atoms with E-state index >= 15 is 0 Å². The maximum absolute atomic E-state index is 12.5. The fourth-order valence-corrected chi connectivity index (χ4v) is 3.50. The van der Waals surface area contributed by atoms with Crippen molar-refractivity contribution in [3.8, 4) is 0 Å². The second kappa shape index (κ2) is 7.63. The molecule has 1 aliphatic rings. The van der Waals surface area contributed by atoms with Crippen molar-refractivity contribution < 1.29 is 27.9 Å². The average molecular weight is 399 g/mol. The lowest BCUT2D eigenvalue weighted by Crippen LogP contribution is -2.39. The van der Waals surface area contributed by atoms with E-state index in [-0.39, 0.29) is 34.2 Å². The van der Waals surface area contributed by atoms with Gasteiger partial charge in [0.05, 0.1) is 17.8 Å². The number of hydrogen-bond donors (Lipinski definition) is 1. The molecule has 0 saturated carbocycles. The SMILES string of the molecule is O=C(O)c1cnn(C2CCN(C(=O)c3ccc(SC(F)(F)F)cc3)CC2)c1. The molecule has 27 heavy (non-hydrogen) atoms. The Labute approximate surface area is 157 Å². The van der Waals surface area contributed by atoms with Crippen LogP contribution >= 0.6 is 11.8 Å². The number of carboxylic acid groups (broad SMARTS) is 1. The third-order valence-corrected chi connectivity index (χ3v) is 5.05. The lowest BCUT2D eigenvalue weighted by molar-refractivity contribution is -0.0328. The Hall–Kier alpha value is -2.49. The van der Waals surface area contributed by atoms with E-state index in [0.29, 0.717) is 31.5 Å². The second-order valence-electron chi connectivity index (χ2n) is 6.11. The van der Waals surface area contributed by atoms with Gasteiger partial charge in [0.1, 0.15) is 0 Å². The number of carboxylic acids is 1. The second-order valence-corrected chi connectivity index (χ2v) is 7.25. The summed E-state index contributed by atoms with van der Waals surface area (Å²) in [6.45, 7) is 0.926. The number of hydrogen-bond acceptors (Lipinski definition) is 4. The number of likely N-dealkylation sites (tertiary alicyclic amines) is 1. The molecule has 144 valence electrons. The van der Waals surface area contributed by atoms with Gasteiger partial charge in [0, 0.05) is 29.7 Å². The Morgan fingerprint density at radius 3 is 2.26 bits per heavy atom. The zero-order valence-corrected chi connectivity index (χ0v) is 14.8. The molecule has 2 heterocycles. The zero-order valence-electron chi connectivity index (χ0n) is 14.0. The molecule has 2 aromatic rings. The number of carbonyl (C=O) groups is 2. The molecule has 1 amide bonds. The molecule has 0 aliphatic carbocycles. The van der Waals surface area contributed by atoms with Crippen molar-refractivity contribution in [1.29, 1.82) is 0 Å². The number of alkyl halides is 3. The number of rotatable bonds is 4. The van der Waals surface area contributed by atoms with Gasteiger partial charge >= 0.3 is 11.5 Å². The average Bonchev–Trinajstić information content (AvgIpc) is 3.11. The molecule has 0 atom stereocenters. The quantitative estimate of drug-likeness (QED) is 0.794. The third-order valence-electron chi connectivity index (χ3n) is 4.31. The number of benzene rings is 1. The van der Waals surface area contributed by atoms with Crippen LogP contribution in [0.1, 0.15) is 39.6 Å². The van der Waals surface area contributed by atoms with E-state index < -0.39 is 11.5 Å². The van der Waals surface area contributed by atoms with Gasteiger partial charge in [-0.3, -0.25) is 9.48 Å². The van der Waals surface area contributed by atoms with Crippen molar-refractivity contribution in [2.75, 3.05) is 13.1 Å². The predicted molar refractivity (Wildman–Crippen MR) is 91.7 cm³/mol. The Morgan fingerprint density at radius 2 is 1.74 bits per heavy atom. The fraction of sp³-hybridized carbons (Fsp3) is 0.353. The van der Waals surface area contributed by atoms with Crippen molar-refractivity contribution >= 4 is 23.6 Å². The lowest BCUT2D eigenvalue weighted by atomic mass is 10.0. The smallest absolute Gasteiger partial charge is 0.446 e. The van der Waals surface area contributed by atoms with Crippen LogP contribution in [0.4, 0.5) is 13.2 Å². The van der Waals surface area contributed by atoms with Gasteiger partial charge in [-0.2, -0.15) is 18.3 Å². The van der Waals surface area contributed by atoms with E-state index in [0.717, 1.165) is 0 Å². The Kier molecular flexibility index (Phi) is 5.45. The monoisotopic (exact) mass is 399 g/mol. The largest absolute Gasteiger partial charge is 0.478 e. The third kappa shape index (κ3) is 4.82. The topological polar surface area (TPSA) is 75.4 Å². The first-order valence-corrected chi connectivity index (χ1v) is 8.97. The molecule has 1 aromatic heterocycles. The van der Waals surface area contributed by atoms with Crippen LogP contribution in [-0.2, 0) is 0 Å². The van der Waals surface area contributed by atoms with Crippen molar-refractivity contribution in [3.05, 3.63) is 47.8 Å². The van der Waals surface area contributed by atoms with Crippen LogP contribution in [-0.4, -0.2) is 50.3 Å². The molecule has 1 aromatic carbocycles. The highest BCUT2D eigenvalue weighted by molar-refractivity contribution is 8.00. The Balaban J connectivity index is 1.58. The summed E-state index contributed by atoms with van der Waals surface area (Å²) in [6, 6.07) is 5.38. The minimum absolute atomic E-state index is 0.00714. The maximum Gasteiger partial charge on any atom is 0.446 e. The van der Waals surface area contributed by atoms with E-state index in [4.69, 9.17) is 5.11 Å². The van der Waals surface area contributed by atoms with Crippen LogP contribution in [0.5, 0.6) is 0 Å². The van der Waals surface area contributed by atoms with Gasteiger partial charge in [0.25, 0.3) is 5.91 Å². The van der Waals surface area contributed by atoms with E-state index in [1.165, 1.54) is 36.7 Å². The molecule has 10 heteroatoms. The Morgan fingerprint density at radius 1 is 1.11 bits per heavy atom. The number of carbonyl (C=O) groups excluding carboxylic acids is 1. The first kappa shape index (κ1) is 19.3. The van der Waals surface area contributed by atoms with Gasteiger partial charge in [-0.1, -0.05) is 0 Å². The zero-order chi connectivity index (χ0) is 19.6. The van der Waals surface area contributed by atoms with Crippen LogP contribution in [0.15, 0.2) is 41.6 Å². The number of halogens is 3. The highest BCUT2D eigenvalue weighted by Crippen LogP contribution is 2.36. The fourth-order valence-electron chi connectivity index (χ4n) is 2.96. The van der Waals surface area contributed by atoms with Gasteiger partial charge in [-0.15, -0.1) is 0 Å². The summed E-state index contributed by atoms with van der Waals surface area (Å²) in [7, 11) is 0. The molecule has 3 rings (SSSR count). The molecular weight excluding hydrogens is 383 g/mol. The summed E-state index contributed by atoms with van der Waals surface area (Å²) in [4.78, 5) is 25.1. The molecule has 1 fully saturated rings. The lowest BCUT2D eigenvalue weighted by Gasteiger charge is -2.32. The molecule has 0 radical (unpaired) electrons. The van der Waals surface area contributed by atoms with Gasteiger partial charge in [0.2, 0.25) is 0 Å². The molecule has 1 N–H and O–H groups in total. The molecule has 1 saturated heterocycles. The van der Waals surface area contributed by atoms with Crippen LogP contribution in [0.25, 0.3) is 0 Å². The summed E-state index contributed by atoms with van der Waals surface area (Å²) >= 11 is -0.218. The minimum atomic E-state index is -4.36. The molecular formula is C17H16F3N3O3S. The predicted octanol–water partition coefficient (Wildman–Crippen LogP) is 3.67. The van der Waals surface area contributed by atoms with Crippen LogP contribution in [0, 0.1) is 0 Å². The van der Waals surface area contributed by atoms with Gasteiger partial charge in [-0.05, 0) is 48.9 Å². The van der Waals surface area contributed by atoms with E-state index in [1.54, 1.807) is 9.58 Å². The number of nitrogens with zero attached hydrogens (tertiary/aromatic N) is 3. The van der Waals surface area contributed by atoms with Crippen LogP contribution in [0.3, 0.4) is 0 Å². The standard InChI is InChI=1S/C17H16F3N3O3S/c18-17(19,20)27-14-3-1-11(2-4-14)15(24)22-7-5-13(6-8-22)23-10-12(9-21-23)16(25)26/h1-4,9-10,13H,5-8H2,(H,25,26). The normalized spacial score (nSPS) is 15.7. The highest BCUT2D eigenvalue weighted by atomic mass is 32.2. The van der Waals surface area contributed by atoms with Gasteiger partial charge in [-0.25, -0.2) is 4.79 Å². The number of piperidine rings is 1. The first-order chi connectivity index (χ1) is 12.7. The highest BCUT2D eigenvalue weighted by Gasteiger charge is 2.29. The van der Waals surface area contributed by atoms with Crippen LogP contribution in [0.2, 0.25) is 0 Å². The van der Waals surface area contributed by atoms with Crippen molar-refractivity contribution in [2.45, 2.75) is 29.3 Å². The van der Waals surface area contributed by atoms with Gasteiger partial charge < -0.3 is 10.0 Å². The van der Waals surface area contributed by atoms with Gasteiger partial charge in [0.15, 0.2) is 0 Å². The summed E-state index contributed by atoms with van der Waals surface area (Å²) in [5.41, 5.74) is -3.90. The summed E-state index contributed by atoms with van der Waals surface area (Å²) < 4.78 is 38.7. The van der Waals surface area contributed by atoms with Crippen molar-refractivity contribution in [1.82, 2.24) is 14.7 Å². The number of aromatic carboxylic acids is 1. The summed E-state index contributed by atoms with van der Waals surface area (Å²) in [6.07, 6.45) is 4.00. The maximum atomic E-state index is 12.5. The summed E-state index contributed by atoms with van der Waals surface area (Å²) in [5.74, 6) is -1.27. The number of thioether (sulfide) groups is 1. The first-order valence-electron chi connectivity index (χ1n) is 8.15.